The molecule has 2 rings (SSSR count). The van der Waals surface area contributed by atoms with Gasteiger partial charge in [0.1, 0.15) is 5.75 Å². The van der Waals surface area contributed by atoms with E-state index in [1.807, 2.05) is 25.2 Å². The number of carbonyl (C=O) groups excluding carboxylic acids is 1. The minimum atomic E-state index is 0. The Bertz CT molecular complexity index is 493. The van der Waals surface area contributed by atoms with E-state index in [4.69, 9.17) is 4.74 Å². The van der Waals surface area contributed by atoms with Crippen LogP contribution in [0.4, 0.5) is 0 Å². The van der Waals surface area contributed by atoms with E-state index in [9.17, 15) is 4.79 Å². The van der Waals surface area contributed by atoms with Crippen LogP contribution < -0.4 is 10.1 Å². The van der Waals surface area contributed by atoms with Gasteiger partial charge in [-0.1, -0.05) is 15.9 Å². The smallest absolute Gasteiger partial charge is 0.222 e. The van der Waals surface area contributed by atoms with Gasteiger partial charge in [0, 0.05) is 30.0 Å². The van der Waals surface area contributed by atoms with Crippen molar-refractivity contribution in [3.8, 4) is 5.75 Å². The van der Waals surface area contributed by atoms with Crippen LogP contribution in [0, 0.1) is 5.92 Å². The van der Waals surface area contributed by atoms with Crippen LogP contribution in [0.3, 0.4) is 0 Å². The van der Waals surface area contributed by atoms with E-state index >= 15 is 0 Å². The SMILES string of the molecule is COc1ccc(Br)cc1CN(C)C(=O)CCC1CCNC1.Cl. The first-order valence-corrected chi connectivity index (χ1v) is 8.16. The lowest BCUT2D eigenvalue weighted by Gasteiger charge is -2.20. The maximum Gasteiger partial charge on any atom is 0.222 e. The molecule has 1 aliphatic heterocycles. The second-order valence-corrected chi connectivity index (χ2v) is 6.52. The average molecular weight is 392 g/mol. The maximum atomic E-state index is 12.2. The molecule has 22 heavy (non-hydrogen) atoms. The minimum absolute atomic E-state index is 0. The Morgan fingerprint density at radius 3 is 2.91 bits per heavy atom. The first-order chi connectivity index (χ1) is 10.1. The maximum absolute atomic E-state index is 12.2. The molecule has 1 aliphatic rings. The van der Waals surface area contributed by atoms with Crippen molar-refractivity contribution in [2.45, 2.75) is 25.8 Å². The summed E-state index contributed by atoms with van der Waals surface area (Å²) >= 11 is 3.46. The molecule has 1 heterocycles. The fourth-order valence-electron chi connectivity index (χ4n) is 2.69. The lowest BCUT2D eigenvalue weighted by atomic mass is 10.0. The van der Waals surface area contributed by atoms with Gasteiger partial charge in [-0.2, -0.15) is 0 Å². The van der Waals surface area contributed by atoms with Crippen LogP contribution in [0.5, 0.6) is 5.75 Å². The first-order valence-electron chi connectivity index (χ1n) is 7.37. The average Bonchev–Trinajstić information content (AvgIpc) is 2.98. The number of hydrogen-bond donors (Lipinski definition) is 1. The van der Waals surface area contributed by atoms with Crippen LogP contribution in [0.25, 0.3) is 0 Å². The van der Waals surface area contributed by atoms with Crippen molar-refractivity contribution in [1.29, 1.82) is 0 Å². The van der Waals surface area contributed by atoms with Crippen molar-refractivity contribution in [2.75, 3.05) is 27.2 Å². The van der Waals surface area contributed by atoms with Crippen molar-refractivity contribution in [1.82, 2.24) is 10.2 Å². The van der Waals surface area contributed by atoms with Crippen molar-refractivity contribution in [2.24, 2.45) is 5.92 Å². The van der Waals surface area contributed by atoms with Gasteiger partial charge in [-0.25, -0.2) is 0 Å². The number of benzene rings is 1. The summed E-state index contributed by atoms with van der Waals surface area (Å²) in [5, 5.41) is 3.34. The number of nitrogens with one attached hydrogen (secondary N) is 1. The highest BCUT2D eigenvalue weighted by atomic mass is 79.9. The molecule has 0 radical (unpaired) electrons. The Hall–Kier alpha value is -0.780. The molecule has 0 bridgehead atoms. The van der Waals surface area contributed by atoms with Crippen LogP contribution in [0.2, 0.25) is 0 Å². The zero-order chi connectivity index (χ0) is 15.2. The van der Waals surface area contributed by atoms with Gasteiger partial charge in [-0.15, -0.1) is 12.4 Å². The number of rotatable bonds is 6. The predicted molar refractivity (Wildman–Crippen MR) is 94.6 cm³/mol. The molecular weight excluding hydrogens is 368 g/mol. The first kappa shape index (κ1) is 19.3. The third-order valence-electron chi connectivity index (χ3n) is 4.00. The molecule has 0 aliphatic carbocycles. The molecule has 6 heteroatoms. The van der Waals surface area contributed by atoms with Gasteiger partial charge in [-0.05, 0) is 50.0 Å². The zero-order valence-corrected chi connectivity index (χ0v) is 15.5. The standard InChI is InChI=1S/C16H23BrN2O2.ClH/c1-19(16(20)6-3-12-7-8-18-10-12)11-13-9-14(17)4-5-15(13)21-2;/h4-5,9,12,18H,3,6-8,10-11H2,1-2H3;1H. The highest BCUT2D eigenvalue weighted by molar-refractivity contribution is 9.10. The van der Waals surface area contributed by atoms with E-state index in [-0.39, 0.29) is 18.3 Å². The molecule has 124 valence electrons. The zero-order valence-electron chi connectivity index (χ0n) is 13.1. The van der Waals surface area contributed by atoms with E-state index in [1.165, 1.54) is 6.42 Å². The highest BCUT2D eigenvalue weighted by Gasteiger charge is 2.18. The van der Waals surface area contributed by atoms with Gasteiger partial charge < -0.3 is 15.0 Å². The number of carbonyl (C=O) groups is 1. The largest absolute Gasteiger partial charge is 0.496 e. The van der Waals surface area contributed by atoms with Gasteiger partial charge in [0.25, 0.3) is 0 Å². The predicted octanol–water partition coefficient (Wildman–Crippen LogP) is 3.23. The lowest BCUT2D eigenvalue weighted by Crippen LogP contribution is -2.26. The Kier molecular flexibility index (Phi) is 8.21. The van der Waals surface area contributed by atoms with Gasteiger partial charge in [0.05, 0.1) is 7.11 Å². The fourth-order valence-corrected chi connectivity index (χ4v) is 3.10. The number of amides is 1. The number of halogens is 2. The number of methoxy groups -OCH3 is 1. The molecule has 1 unspecified atom stereocenters. The molecule has 1 aromatic carbocycles. The van der Waals surface area contributed by atoms with Crippen LogP contribution in [-0.4, -0.2) is 38.1 Å². The topological polar surface area (TPSA) is 41.6 Å². The summed E-state index contributed by atoms with van der Waals surface area (Å²) in [7, 11) is 3.51. The molecule has 1 aromatic rings. The van der Waals surface area contributed by atoms with Crippen molar-refractivity contribution >= 4 is 34.2 Å². The highest BCUT2D eigenvalue weighted by Crippen LogP contribution is 2.24. The molecule has 1 amide bonds. The third-order valence-corrected chi connectivity index (χ3v) is 4.50. The van der Waals surface area contributed by atoms with Crippen LogP contribution >= 0.6 is 28.3 Å². The summed E-state index contributed by atoms with van der Waals surface area (Å²) in [6.07, 6.45) is 2.79. The van der Waals surface area contributed by atoms with E-state index in [0.29, 0.717) is 18.9 Å². The fraction of sp³-hybridized carbons (Fsp3) is 0.562. The van der Waals surface area contributed by atoms with Crippen molar-refractivity contribution in [3.63, 3.8) is 0 Å². The molecule has 1 saturated heterocycles. The van der Waals surface area contributed by atoms with E-state index < -0.39 is 0 Å². The van der Waals surface area contributed by atoms with Gasteiger partial charge >= 0.3 is 0 Å². The van der Waals surface area contributed by atoms with E-state index in [2.05, 4.69) is 21.2 Å². The number of nitrogens with zero attached hydrogens (tertiary/aromatic N) is 1. The Labute approximate surface area is 147 Å². The van der Waals surface area contributed by atoms with Gasteiger partial charge in [-0.3, -0.25) is 4.79 Å². The lowest BCUT2D eigenvalue weighted by molar-refractivity contribution is -0.130. The van der Waals surface area contributed by atoms with Crippen molar-refractivity contribution < 1.29 is 9.53 Å². The van der Waals surface area contributed by atoms with Crippen molar-refractivity contribution in [3.05, 3.63) is 28.2 Å². The van der Waals surface area contributed by atoms with Crippen LogP contribution in [0.1, 0.15) is 24.8 Å². The molecule has 0 saturated carbocycles. The molecule has 1 N–H and O–H groups in total. The summed E-state index contributed by atoms with van der Waals surface area (Å²) < 4.78 is 6.35. The molecule has 1 fully saturated rings. The Balaban J connectivity index is 0.00000242. The monoisotopic (exact) mass is 390 g/mol. The quantitative estimate of drug-likeness (QED) is 0.809. The van der Waals surface area contributed by atoms with E-state index in [1.54, 1.807) is 12.0 Å². The molecule has 1 atom stereocenters. The Morgan fingerprint density at radius 1 is 1.50 bits per heavy atom. The Morgan fingerprint density at radius 2 is 2.27 bits per heavy atom. The summed E-state index contributed by atoms with van der Waals surface area (Å²) in [5.41, 5.74) is 1.02. The summed E-state index contributed by atoms with van der Waals surface area (Å²) in [6, 6.07) is 5.86. The molecule has 4 nitrogen and oxygen atoms in total. The second kappa shape index (κ2) is 9.38. The summed E-state index contributed by atoms with van der Waals surface area (Å²) in [5.74, 6) is 1.67. The van der Waals surface area contributed by atoms with Crippen LogP contribution in [0.15, 0.2) is 22.7 Å². The molecule has 0 spiro atoms. The van der Waals surface area contributed by atoms with Gasteiger partial charge in [0.15, 0.2) is 0 Å². The normalized spacial score (nSPS) is 17.0. The molecular formula is C16H24BrClN2O2. The summed E-state index contributed by atoms with van der Waals surface area (Å²) in [4.78, 5) is 14.0. The van der Waals surface area contributed by atoms with Gasteiger partial charge in [0.2, 0.25) is 5.91 Å². The molecule has 0 aromatic heterocycles. The number of hydrogen-bond acceptors (Lipinski definition) is 3. The third kappa shape index (κ3) is 5.45. The second-order valence-electron chi connectivity index (χ2n) is 5.60. The van der Waals surface area contributed by atoms with E-state index in [0.717, 1.165) is 35.3 Å². The minimum Gasteiger partial charge on any atom is -0.496 e. The summed E-state index contributed by atoms with van der Waals surface area (Å²) in [6.45, 7) is 2.71. The number of ether oxygens (including phenoxy) is 1. The van der Waals surface area contributed by atoms with Crippen LogP contribution in [-0.2, 0) is 11.3 Å².